The molecule has 1 aliphatic heterocycles. The highest BCUT2D eigenvalue weighted by atomic mass is 35.5. The van der Waals surface area contributed by atoms with E-state index in [1.807, 2.05) is 24.3 Å². The summed E-state index contributed by atoms with van der Waals surface area (Å²) in [6.07, 6.45) is 2.56. The van der Waals surface area contributed by atoms with E-state index in [0.717, 1.165) is 36.8 Å². The molecule has 152 valence electrons. The molecule has 4 rings (SSSR count). The number of sulfonamides is 1. The van der Waals surface area contributed by atoms with Gasteiger partial charge in [0.25, 0.3) is 10.0 Å². The molecular weight excluding hydrogens is 428 g/mol. The fourth-order valence-electron chi connectivity index (χ4n) is 3.42. The number of aromatic nitrogens is 1. The quantitative estimate of drug-likeness (QED) is 0.564. The van der Waals surface area contributed by atoms with Crippen molar-refractivity contribution >= 4 is 43.8 Å². The van der Waals surface area contributed by atoms with Crippen LogP contribution in [0.1, 0.15) is 12.0 Å². The second kappa shape index (κ2) is 8.71. The van der Waals surface area contributed by atoms with E-state index in [0.29, 0.717) is 5.13 Å². The third-order valence-corrected chi connectivity index (χ3v) is 7.13. The number of benzene rings is 2. The lowest BCUT2D eigenvalue weighted by atomic mass is 10.2. The zero-order chi connectivity index (χ0) is 20.3. The van der Waals surface area contributed by atoms with E-state index in [-0.39, 0.29) is 10.9 Å². The lowest BCUT2D eigenvalue weighted by Gasteiger charge is -2.18. The summed E-state index contributed by atoms with van der Waals surface area (Å²) in [7, 11) is -3.66. The van der Waals surface area contributed by atoms with Crippen LogP contribution in [-0.2, 0) is 16.6 Å². The summed E-state index contributed by atoms with van der Waals surface area (Å²) < 4.78 is 27.7. The molecule has 0 unspecified atom stereocenters. The van der Waals surface area contributed by atoms with Gasteiger partial charge in [-0.3, -0.25) is 9.62 Å². The summed E-state index contributed by atoms with van der Waals surface area (Å²) in [6, 6.07) is 15.1. The fourth-order valence-corrected chi connectivity index (χ4v) is 5.47. The van der Waals surface area contributed by atoms with Gasteiger partial charge in [-0.15, -0.1) is 11.3 Å². The molecule has 1 atom stereocenters. The van der Waals surface area contributed by atoms with Crippen LogP contribution in [0.25, 0.3) is 0 Å². The molecule has 0 saturated carbocycles. The third kappa shape index (κ3) is 5.27. The average Bonchev–Trinajstić information content (AvgIpc) is 3.34. The predicted octanol–water partition coefficient (Wildman–Crippen LogP) is 4.28. The monoisotopic (exact) mass is 448 g/mol. The molecule has 2 N–H and O–H groups in total. The van der Waals surface area contributed by atoms with Crippen molar-refractivity contribution in [2.45, 2.75) is 23.9 Å². The van der Waals surface area contributed by atoms with E-state index >= 15 is 0 Å². The van der Waals surface area contributed by atoms with Crippen LogP contribution in [0.15, 0.2) is 65.0 Å². The molecule has 1 saturated heterocycles. The van der Waals surface area contributed by atoms with E-state index in [4.69, 9.17) is 11.6 Å². The lowest BCUT2D eigenvalue weighted by molar-refractivity contribution is 0.328. The smallest absolute Gasteiger partial charge is 0.263 e. The molecular formula is C20H21ClN4O2S2. The van der Waals surface area contributed by atoms with Gasteiger partial charge in [0, 0.05) is 48.0 Å². The van der Waals surface area contributed by atoms with E-state index in [1.54, 1.807) is 29.8 Å². The van der Waals surface area contributed by atoms with Crippen LogP contribution < -0.4 is 10.0 Å². The largest absolute Gasteiger partial charge is 0.381 e. The number of likely N-dealkylation sites (tertiary alicyclic amines) is 1. The first-order valence-corrected chi connectivity index (χ1v) is 12.0. The molecule has 9 heteroatoms. The van der Waals surface area contributed by atoms with Crippen molar-refractivity contribution in [1.82, 2.24) is 9.88 Å². The molecule has 1 fully saturated rings. The number of nitrogens with one attached hydrogen (secondary N) is 2. The molecule has 0 amide bonds. The molecule has 3 aromatic rings. The van der Waals surface area contributed by atoms with Crippen LogP contribution in [-0.4, -0.2) is 37.4 Å². The van der Waals surface area contributed by atoms with Crippen LogP contribution in [0.4, 0.5) is 10.8 Å². The van der Waals surface area contributed by atoms with Crippen molar-refractivity contribution in [3.05, 3.63) is 70.7 Å². The molecule has 0 radical (unpaired) electrons. The zero-order valence-electron chi connectivity index (χ0n) is 15.6. The zero-order valence-corrected chi connectivity index (χ0v) is 18.0. The minimum atomic E-state index is -3.66. The Bertz CT molecular complexity index is 1070. The average molecular weight is 449 g/mol. The molecule has 0 aliphatic carbocycles. The molecule has 2 aromatic carbocycles. The van der Waals surface area contributed by atoms with E-state index in [1.165, 1.54) is 16.9 Å². The highest BCUT2D eigenvalue weighted by molar-refractivity contribution is 7.93. The van der Waals surface area contributed by atoms with Gasteiger partial charge in [0.2, 0.25) is 0 Å². The highest BCUT2D eigenvalue weighted by Gasteiger charge is 2.23. The number of thiazole rings is 1. The molecule has 0 bridgehead atoms. The van der Waals surface area contributed by atoms with Gasteiger partial charge in [-0.1, -0.05) is 29.8 Å². The molecule has 1 aliphatic rings. The Balaban J connectivity index is 1.38. The van der Waals surface area contributed by atoms with Gasteiger partial charge in [0.15, 0.2) is 5.13 Å². The van der Waals surface area contributed by atoms with Crippen molar-refractivity contribution < 1.29 is 8.42 Å². The Morgan fingerprint density at radius 3 is 2.86 bits per heavy atom. The van der Waals surface area contributed by atoms with Gasteiger partial charge in [0.05, 0.1) is 4.90 Å². The molecule has 0 spiro atoms. The van der Waals surface area contributed by atoms with Gasteiger partial charge < -0.3 is 5.32 Å². The van der Waals surface area contributed by atoms with Gasteiger partial charge in [-0.2, -0.15) is 0 Å². The first-order chi connectivity index (χ1) is 14.0. The number of halogens is 1. The van der Waals surface area contributed by atoms with Crippen LogP contribution >= 0.6 is 22.9 Å². The van der Waals surface area contributed by atoms with Crippen molar-refractivity contribution in [3.63, 3.8) is 0 Å². The first-order valence-electron chi connectivity index (χ1n) is 9.24. The summed E-state index contributed by atoms with van der Waals surface area (Å²) in [6.45, 7) is 2.72. The number of hydrogen-bond donors (Lipinski definition) is 2. The maximum atomic E-state index is 12.6. The number of hydrogen-bond acceptors (Lipinski definition) is 6. The van der Waals surface area contributed by atoms with Crippen LogP contribution in [0.3, 0.4) is 0 Å². The maximum absolute atomic E-state index is 12.6. The Kier molecular flexibility index (Phi) is 6.05. The number of rotatable bonds is 7. The number of nitrogens with zero attached hydrogens (tertiary/aromatic N) is 2. The SMILES string of the molecule is O=S(=O)(Nc1nccs1)c1cccc(N[C@@H]2CCN(Cc3cccc(Cl)c3)C2)c1. The summed E-state index contributed by atoms with van der Waals surface area (Å²) in [5, 5.41) is 6.30. The van der Waals surface area contributed by atoms with Crippen LogP contribution in [0.2, 0.25) is 5.02 Å². The van der Waals surface area contributed by atoms with Gasteiger partial charge in [-0.05, 0) is 42.3 Å². The van der Waals surface area contributed by atoms with Gasteiger partial charge in [-0.25, -0.2) is 13.4 Å². The third-order valence-electron chi connectivity index (χ3n) is 4.74. The van der Waals surface area contributed by atoms with E-state index in [2.05, 4.69) is 26.0 Å². The first kappa shape index (κ1) is 20.2. The molecule has 1 aromatic heterocycles. The summed E-state index contributed by atoms with van der Waals surface area (Å²) in [5.74, 6) is 0. The summed E-state index contributed by atoms with van der Waals surface area (Å²) in [5.41, 5.74) is 1.99. The van der Waals surface area contributed by atoms with Crippen LogP contribution in [0.5, 0.6) is 0 Å². The van der Waals surface area contributed by atoms with Crippen molar-refractivity contribution in [2.24, 2.45) is 0 Å². The second-order valence-corrected chi connectivity index (χ2v) is 9.98. The Labute approximate surface area is 179 Å². The van der Waals surface area contributed by atoms with Crippen molar-refractivity contribution in [3.8, 4) is 0 Å². The topological polar surface area (TPSA) is 74.3 Å². The van der Waals surface area contributed by atoms with Gasteiger partial charge >= 0.3 is 0 Å². The molecule has 2 heterocycles. The van der Waals surface area contributed by atoms with Crippen LogP contribution in [0, 0.1) is 0 Å². The summed E-state index contributed by atoms with van der Waals surface area (Å²) in [4.78, 5) is 6.56. The Hall–Kier alpha value is -2.13. The fraction of sp³-hybridized carbons (Fsp3) is 0.250. The minimum Gasteiger partial charge on any atom is -0.381 e. The van der Waals surface area contributed by atoms with E-state index in [9.17, 15) is 8.42 Å². The predicted molar refractivity (Wildman–Crippen MR) is 118 cm³/mol. The van der Waals surface area contributed by atoms with Crippen molar-refractivity contribution in [2.75, 3.05) is 23.1 Å². The van der Waals surface area contributed by atoms with Crippen molar-refractivity contribution in [1.29, 1.82) is 0 Å². The lowest BCUT2D eigenvalue weighted by Crippen LogP contribution is -2.26. The Morgan fingerprint density at radius 1 is 1.21 bits per heavy atom. The normalized spacial score (nSPS) is 17.3. The molecule has 6 nitrogen and oxygen atoms in total. The summed E-state index contributed by atoms with van der Waals surface area (Å²) >= 11 is 7.32. The number of anilines is 2. The Morgan fingerprint density at radius 2 is 2.07 bits per heavy atom. The molecule has 29 heavy (non-hydrogen) atoms. The maximum Gasteiger partial charge on any atom is 0.263 e. The standard InChI is InChI=1S/C20H21ClN4O2S2/c21-16-4-1-3-15(11-16)13-25-9-7-18(14-25)23-17-5-2-6-19(12-17)29(26,27)24-20-22-8-10-28-20/h1-6,8,10-12,18,23H,7,9,13-14H2,(H,22,24)/t18-/m1/s1. The second-order valence-electron chi connectivity index (χ2n) is 6.97. The van der Waals surface area contributed by atoms with E-state index < -0.39 is 10.0 Å². The van der Waals surface area contributed by atoms with Gasteiger partial charge in [0.1, 0.15) is 0 Å². The minimum absolute atomic E-state index is 0.214. The highest BCUT2D eigenvalue weighted by Crippen LogP contribution is 2.23.